The van der Waals surface area contributed by atoms with Crippen LogP contribution in [0.4, 0.5) is 13.2 Å². The largest absolute Gasteiger partial charge is 0.418 e. The third kappa shape index (κ3) is 4.13. The molecule has 0 bridgehead atoms. The molecular weight excluding hydrogens is 427 g/mol. The van der Waals surface area contributed by atoms with Gasteiger partial charge in [0, 0.05) is 29.8 Å². The van der Waals surface area contributed by atoms with Crippen molar-refractivity contribution in [2.24, 2.45) is 0 Å². The molecule has 5 nitrogen and oxygen atoms in total. The molecular formula is C22H16F3N3O2S. The van der Waals surface area contributed by atoms with Crippen molar-refractivity contribution in [3.05, 3.63) is 72.2 Å². The van der Waals surface area contributed by atoms with Crippen LogP contribution in [0.5, 0.6) is 0 Å². The first-order valence-electron chi connectivity index (χ1n) is 9.14. The van der Waals surface area contributed by atoms with Crippen molar-refractivity contribution < 1.29 is 21.6 Å². The van der Waals surface area contributed by atoms with E-state index in [0.29, 0.717) is 28.1 Å². The minimum Gasteiger partial charge on any atom is -0.263 e. The van der Waals surface area contributed by atoms with Gasteiger partial charge in [-0.3, -0.25) is 4.98 Å². The highest BCUT2D eigenvalue weighted by atomic mass is 32.2. The molecule has 0 saturated heterocycles. The molecule has 31 heavy (non-hydrogen) atoms. The lowest BCUT2D eigenvalue weighted by atomic mass is 10.0. The molecule has 4 aromatic rings. The summed E-state index contributed by atoms with van der Waals surface area (Å²) in [6.45, 7) is 1.69. The standard InChI is InChI=1S/C22H16F3N3O2S/c1-13-20(28-21-18(22(23,24)25)4-3-5-19(21)27-13)15-8-6-14(7-9-15)16-10-17(12-26-11-16)31(2,29)30/h3-12H,1-2H3. The first-order valence-corrected chi connectivity index (χ1v) is 11.0. The van der Waals surface area contributed by atoms with Crippen molar-refractivity contribution in [2.45, 2.75) is 18.0 Å². The van der Waals surface area contributed by atoms with E-state index >= 15 is 0 Å². The van der Waals surface area contributed by atoms with Crippen molar-refractivity contribution in [1.82, 2.24) is 15.0 Å². The van der Waals surface area contributed by atoms with E-state index in [9.17, 15) is 21.6 Å². The molecule has 0 amide bonds. The number of benzene rings is 2. The Hall–Kier alpha value is -3.33. The third-order valence-corrected chi connectivity index (χ3v) is 5.89. The topological polar surface area (TPSA) is 72.8 Å². The first-order chi connectivity index (χ1) is 14.5. The maximum Gasteiger partial charge on any atom is 0.418 e. The molecule has 0 aliphatic rings. The molecule has 2 aromatic heterocycles. The van der Waals surface area contributed by atoms with Crippen molar-refractivity contribution in [2.75, 3.05) is 6.26 Å². The zero-order chi connectivity index (χ0) is 22.4. The number of aromatic nitrogens is 3. The second-order valence-electron chi connectivity index (χ2n) is 7.09. The van der Waals surface area contributed by atoms with E-state index in [4.69, 9.17) is 0 Å². The average molecular weight is 443 g/mol. The Morgan fingerprint density at radius 2 is 1.55 bits per heavy atom. The Morgan fingerprint density at radius 3 is 2.19 bits per heavy atom. The molecule has 0 aliphatic carbocycles. The lowest BCUT2D eigenvalue weighted by molar-refractivity contribution is -0.136. The van der Waals surface area contributed by atoms with E-state index < -0.39 is 21.6 Å². The normalized spacial score (nSPS) is 12.3. The second-order valence-corrected chi connectivity index (χ2v) is 9.10. The zero-order valence-electron chi connectivity index (χ0n) is 16.5. The number of sulfone groups is 1. The summed E-state index contributed by atoms with van der Waals surface area (Å²) in [6, 6.07) is 12.2. The summed E-state index contributed by atoms with van der Waals surface area (Å²) >= 11 is 0. The van der Waals surface area contributed by atoms with Gasteiger partial charge in [0.2, 0.25) is 0 Å². The van der Waals surface area contributed by atoms with Crippen LogP contribution in [-0.2, 0) is 16.0 Å². The average Bonchev–Trinajstić information content (AvgIpc) is 2.72. The highest BCUT2D eigenvalue weighted by Crippen LogP contribution is 2.35. The van der Waals surface area contributed by atoms with Crippen molar-refractivity contribution in [3.8, 4) is 22.4 Å². The molecule has 2 aromatic carbocycles. The Balaban J connectivity index is 1.79. The van der Waals surface area contributed by atoms with Crippen LogP contribution >= 0.6 is 0 Å². The van der Waals surface area contributed by atoms with Gasteiger partial charge in [0.1, 0.15) is 5.52 Å². The highest BCUT2D eigenvalue weighted by Gasteiger charge is 2.33. The van der Waals surface area contributed by atoms with Crippen LogP contribution in [0.3, 0.4) is 0 Å². The maximum absolute atomic E-state index is 13.4. The summed E-state index contributed by atoms with van der Waals surface area (Å²) in [5.74, 6) is 0. The molecule has 0 atom stereocenters. The van der Waals surface area contributed by atoms with Crippen molar-refractivity contribution >= 4 is 20.9 Å². The molecule has 0 aliphatic heterocycles. The molecule has 0 N–H and O–H groups in total. The molecule has 0 fully saturated rings. The van der Waals surface area contributed by atoms with Gasteiger partial charge in [-0.25, -0.2) is 18.4 Å². The van der Waals surface area contributed by atoms with Gasteiger partial charge in [-0.05, 0) is 30.7 Å². The van der Waals surface area contributed by atoms with Gasteiger partial charge in [0.25, 0.3) is 0 Å². The van der Waals surface area contributed by atoms with Gasteiger partial charge in [-0.2, -0.15) is 13.2 Å². The van der Waals surface area contributed by atoms with Gasteiger partial charge in [-0.1, -0.05) is 30.3 Å². The Labute approximate surface area is 176 Å². The summed E-state index contributed by atoms with van der Waals surface area (Å²) in [7, 11) is -3.40. The summed E-state index contributed by atoms with van der Waals surface area (Å²) in [5, 5.41) is 0. The number of rotatable bonds is 3. The lowest BCUT2D eigenvalue weighted by Crippen LogP contribution is -2.08. The smallest absolute Gasteiger partial charge is 0.263 e. The first kappa shape index (κ1) is 20.9. The molecule has 0 spiro atoms. The Kier molecular flexibility index (Phi) is 5.01. The van der Waals surface area contributed by atoms with E-state index in [1.54, 1.807) is 37.4 Å². The number of alkyl halides is 3. The monoisotopic (exact) mass is 443 g/mol. The molecule has 4 rings (SSSR count). The SMILES string of the molecule is Cc1nc2cccc(C(F)(F)F)c2nc1-c1ccc(-c2cncc(S(C)(=O)=O)c2)cc1. The fourth-order valence-corrected chi connectivity index (χ4v) is 3.86. The van der Waals surface area contributed by atoms with Gasteiger partial charge in [-0.15, -0.1) is 0 Å². The van der Waals surface area contributed by atoms with E-state index in [2.05, 4.69) is 15.0 Å². The number of aryl methyl sites for hydroxylation is 1. The van der Waals surface area contributed by atoms with E-state index in [-0.39, 0.29) is 15.9 Å². The predicted octanol–water partition coefficient (Wildman–Crippen LogP) is 5.09. The maximum atomic E-state index is 13.4. The summed E-state index contributed by atoms with van der Waals surface area (Å²) in [6.07, 6.45) is -0.616. The lowest BCUT2D eigenvalue weighted by Gasteiger charge is -2.12. The summed E-state index contributed by atoms with van der Waals surface area (Å²) < 4.78 is 63.7. The minimum atomic E-state index is -4.54. The van der Waals surface area contributed by atoms with Crippen LogP contribution in [-0.4, -0.2) is 29.6 Å². The van der Waals surface area contributed by atoms with E-state index in [1.807, 2.05) is 0 Å². The van der Waals surface area contributed by atoms with Crippen molar-refractivity contribution in [3.63, 3.8) is 0 Å². The summed E-state index contributed by atoms with van der Waals surface area (Å²) in [5.41, 5.74) is 1.90. The number of halogens is 3. The van der Waals surface area contributed by atoms with Crippen LogP contribution in [0.1, 0.15) is 11.3 Å². The zero-order valence-corrected chi connectivity index (χ0v) is 17.3. The number of fused-ring (bicyclic) bond motifs is 1. The van der Waals surface area contributed by atoms with Crippen LogP contribution in [0.15, 0.2) is 65.8 Å². The Morgan fingerprint density at radius 1 is 0.871 bits per heavy atom. The van der Waals surface area contributed by atoms with E-state index in [1.165, 1.54) is 24.4 Å². The van der Waals surface area contributed by atoms with Crippen LogP contribution in [0, 0.1) is 6.92 Å². The van der Waals surface area contributed by atoms with E-state index in [0.717, 1.165) is 12.3 Å². The van der Waals surface area contributed by atoms with Crippen LogP contribution in [0.25, 0.3) is 33.4 Å². The predicted molar refractivity (Wildman–Crippen MR) is 111 cm³/mol. The van der Waals surface area contributed by atoms with Crippen LogP contribution < -0.4 is 0 Å². The quantitative estimate of drug-likeness (QED) is 0.441. The second kappa shape index (κ2) is 7.42. The number of hydrogen-bond acceptors (Lipinski definition) is 5. The molecule has 158 valence electrons. The molecule has 0 unspecified atom stereocenters. The summed E-state index contributed by atoms with van der Waals surface area (Å²) in [4.78, 5) is 12.7. The van der Waals surface area contributed by atoms with Crippen LogP contribution in [0.2, 0.25) is 0 Å². The van der Waals surface area contributed by atoms with Gasteiger partial charge < -0.3 is 0 Å². The van der Waals surface area contributed by atoms with Crippen molar-refractivity contribution in [1.29, 1.82) is 0 Å². The molecule has 0 radical (unpaired) electrons. The number of hydrogen-bond donors (Lipinski definition) is 0. The van der Waals surface area contributed by atoms with Gasteiger partial charge in [0.15, 0.2) is 9.84 Å². The fourth-order valence-electron chi connectivity index (χ4n) is 3.27. The molecule has 0 saturated carbocycles. The van der Waals surface area contributed by atoms with Gasteiger partial charge in [0.05, 0.1) is 27.4 Å². The third-order valence-electron chi connectivity index (χ3n) is 4.81. The molecule has 2 heterocycles. The van der Waals surface area contributed by atoms with Gasteiger partial charge >= 0.3 is 6.18 Å². The minimum absolute atomic E-state index is 0.102. The Bertz CT molecular complexity index is 1400. The number of nitrogens with zero attached hydrogens (tertiary/aromatic N) is 3. The number of para-hydroxylation sites is 1. The fraction of sp³-hybridized carbons (Fsp3) is 0.136. The number of pyridine rings is 1. The highest BCUT2D eigenvalue weighted by molar-refractivity contribution is 7.90. The molecule has 9 heteroatoms.